The van der Waals surface area contributed by atoms with Gasteiger partial charge in [-0.2, -0.15) is 5.10 Å². The maximum absolute atomic E-state index is 4.74. The number of para-hydroxylation sites is 1. The summed E-state index contributed by atoms with van der Waals surface area (Å²) < 4.78 is 3.99. The number of hydrogen-bond donors (Lipinski definition) is 0. The Bertz CT molecular complexity index is 1090. The molecule has 0 saturated carbocycles. The zero-order chi connectivity index (χ0) is 17.7. The van der Waals surface area contributed by atoms with Gasteiger partial charge in [-0.3, -0.25) is 0 Å². The number of aryl methyl sites for hydroxylation is 2. The molecule has 0 aliphatic carbocycles. The molecule has 1 aromatic carbocycles. The van der Waals surface area contributed by atoms with E-state index in [4.69, 9.17) is 4.98 Å². The van der Waals surface area contributed by atoms with Crippen molar-refractivity contribution in [2.24, 2.45) is 7.05 Å². The van der Waals surface area contributed by atoms with Gasteiger partial charge in [-0.15, -0.1) is 0 Å². The minimum Gasteiger partial charge on any atom is -0.350 e. The number of hydrogen-bond acceptors (Lipinski definition) is 5. The quantitative estimate of drug-likeness (QED) is 0.558. The van der Waals surface area contributed by atoms with E-state index >= 15 is 0 Å². The van der Waals surface area contributed by atoms with E-state index in [0.29, 0.717) is 0 Å². The van der Waals surface area contributed by atoms with Crippen LogP contribution in [0.25, 0.3) is 16.7 Å². The second-order valence-electron chi connectivity index (χ2n) is 6.64. The molecule has 0 unspecified atom stereocenters. The van der Waals surface area contributed by atoms with E-state index in [-0.39, 0.29) is 0 Å². The summed E-state index contributed by atoms with van der Waals surface area (Å²) in [4.78, 5) is 16.2. The lowest BCUT2D eigenvalue weighted by Crippen LogP contribution is -2.32. The fourth-order valence-electron chi connectivity index (χ4n) is 3.64. The van der Waals surface area contributed by atoms with Gasteiger partial charge in [0.2, 0.25) is 0 Å². The molecule has 0 bridgehead atoms. The van der Waals surface area contributed by atoms with Crippen LogP contribution in [-0.4, -0.2) is 35.8 Å². The molecule has 0 fully saturated rings. The number of fused-ring (bicyclic) bond motifs is 2. The smallest absolute Gasteiger partial charge is 0.168 e. The van der Waals surface area contributed by atoms with Gasteiger partial charge in [-0.1, -0.05) is 18.2 Å². The van der Waals surface area contributed by atoms with Crippen LogP contribution in [0, 0.1) is 6.92 Å². The van der Waals surface area contributed by atoms with Crippen LogP contribution in [0.15, 0.2) is 42.9 Å². The van der Waals surface area contributed by atoms with Crippen molar-refractivity contribution < 1.29 is 0 Å². The average molecular weight is 345 g/mol. The molecule has 3 aromatic heterocycles. The number of anilines is 1. The normalized spacial score (nSPS) is 14.0. The first kappa shape index (κ1) is 15.1. The van der Waals surface area contributed by atoms with Crippen LogP contribution >= 0.6 is 0 Å². The Morgan fingerprint density at radius 3 is 2.77 bits per heavy atom. The third-order valence-corrected chi connectivity index (χ3v) is 4.93. The molecule has 4 aromatic rings. The van der Waals surface area contributed by atoms with Gasteiger partial charge in [0.15, 0.2) is 5.65 Å². The van der Waals surface area contributed by atoms with Crippen LogP contribution in [-0.2, 0) is 20.0 Å². The lowest BCUT2D eigenvalue weighted by Gasteiger charge is -2.28. The molecule has 0 N–H and O–H groups in total. The fraction of sp³-hybridized carbons (Fsp3) is 0.263. The van der Waals surface area contributed by atoms with Gasteiger partial charge < -0.3 is 9.47 Å². The van der Waals surface area contributed by atoms with E-state index in [1.165, 1.54) is 5.69 Å². The molecule has 1 aliphatic rings. The first-order chi connectivity index (χ1) is 12.7. The van der Waals surface area contributed by atoms with Crippen molar-refractivity contribution in [1.82, 2.24) is 29.3 Å². The van der Waals surface area contributed by atoms with E-state index in [0.717, 1.165) is 53.6 Å². The number of aromatic nitrogens is 6. The lowest BCUT2D eigenvalue weighted by atomic mass is 10.1. The van der Waals surface area contributed by atoms with Gasteiger partial charge in [0.1, 0.15) is 11.6 Å². The SMILES string of the molecule is Cc1nc(N2CCc3c(ncn3C)C2)c2cnn(-c3ccccc3)c2n1. The molecule has 130 valence electrons. The van der Waals surface area contributed by atoms with Crippen molar-refractivity contribution in [3.63, 3.8) is 0 Å². The molecule has 26 heavy (non-hydrogen) atoms. The lowest BCUT2D eigenvalue weighted by molar-refractivity contribution is 0.676. The molecule has 0 atom stereocenters. The summed E-state index contributed by atoms with van der Waals surface area (Å²) in [6.45, 7) is 3.61. The number of imidazole rings is 1. The standard InChI is InChI=1S/C19H19N7/c1-13-22-18(25-9-8-17-16(11-25)20-12-24(17)2)15-10-21-26(19(15)23-13)14-6-4-3-5-7-14/h3-7,10,12H,8-9,11H2,1-2H3. The number of rotatable bonds is 2. The molecule has 5 rings (SSSR count). The maximum atomic E-state index is 4.74. The predicted octanol–water partition coefficient (Wildman–Crippen LogP) is 2.42. The highest BCUT2D eigenvalue weighted by Crippen LogP contribution is 2.29. The summed E-state index contributed by atoms with van der Waals surface area (Å²) in [6, 6.07) is 10.1. The van der Waals surface area contributed by atoms with E-state index in [2.05, 4.69) is 31.6 Å². The van der Waals surface area contributed by atoms with Crippen LogP contribution in [0.1, 0.15) is 17.2 Å². The van der Waals surface area contributed by atoms with Crippen molar-refractivity contribution in [3.8, 4) is 5.69 Å². The topological polar surface area (TPSA) is 64.7 Å². The molecular formula is C19H19N7. The highest BCUT2D eigenvalue weighted by atomic mass is 15.3. The third-order valence-electron chi connectivity index (χ3n) is 4.93. The van der Waals surface area contributed by atoms with Gasteiger partial charge in [0, 0.05) is 25.7 Å². The van der Waals surface area contributed by atoms with E-state index in [1.54, 1.807) is 0 Å². The van der Waals surface area contributed by atoms with Crippen molar-refractivity contribution in [2.45, 2.75) is 19.9 Å². The van der Waals surface area contributed by atoms with Crippen LogP contribution in [0.5, 0.6) is 0 Å². The average Bonchev–Trinajstić information content (AvgIpc) is 3.25. The summed E-state index contributed by atoms with van der Waals surface area (Å²) in [5.41, 5.74) is 4.27. The maximum Gasteiger partial charge on any atom is 0.168 e. The molecule has 4 heterocycles. The molecule has 7 nitrogen and oxygen atoms in total. The van der Waals surface area contributed by atoms with Crippen molar-refractivity contribution >= 4 is 16.9 Å². The van der Waals surface area contributed by atoms with Gasteiger partial charge in [0.25, 0.3) is 0 Å². The summed E-state index contributed by atoms with van der Waals surface area (Å²) in [6.07, 6.45) is 4.72. The third kappa shape index (κ3) is 2.28. The largest absolute Gasteiger partial charge is 0.350 e. The molecular weight excluding hydrogens is 326 g/mol. The summed E-state index contributed by atoms with van der Waals surface area (Å²) in [7, 11) is 2.05. The number of benzene rings is 1. The highest BCUT2D eigenvalue weighted by molar-refractivity contribution is 5.88. The van der Waals surface area contributed by atoms with E-state index in [9.17, 15) is 0 Å². The molecule has 0 saturated heterocycles. The van der Waals surface area contributed by atoms with Gasteiger partial charge in [-0.05, 0) is 19.1 Å². The molecule has 0 amide bonds. The van der Waals surface area contributed by atoms with Gasteiger partial charge in [-0.25, -0.2) is 19.6 Å². The van der Waals surface area contributed by atoms with E-state index < -0.39 is 0 Å². The second kappa shape index (κ2) is 5.66. The van der Waals surface area contributed by atoms with Crippen molar-refractivity contribution in [1.29, 1.82) is 0 Å². The van der Waals surface area contributed by atoms with Crippen molar-refractivity contribution in [2.75, 3.05) is 11.4 Å². The Labute approximate surface area is 150 Å². The molecule has 0 radical (unpaired) electrons. The predicted molar refractivity (Wildman–Crippen MR) is 99.4 cm³/mol. The van der Waals surface area contributed by atoms with Crippen LogP contribution in [0.3, 0.4) is 0 Å². The summed E-state index contributed by atoms with van der Waals surface area (Å²) >= 11 is 0. The molecule has 7 heteroatoms. The Morgan fingerprint density at radius 2 is 1.92 bits per heavy atom. The molecule has 0 spiro atoms. The fourth-order valence-corrected chi connectivity index (χ4v) is 3.64. The molecule has 1 aliphatic heterocycles. The first-order valence-electron chi connectivity index (χ1n) is 8.72. The monoisotopic (exact) mass is 345 g/mol. The van der Waals surface area contributed by atoms with Crippen molar-refractivity contribution in [3.05, 3.63) is 60.1 Å². The van der Waals surface area contributed by atoms with Crippen LogP contribution in [0.2, 0.25) is 0 Å². The highest BCUT2D eigenvalue weighted by Gasteiger charge is 2.24. The minimum absolute atomic E-state index is 0.747. The van der Waals surface area contributed by atoms with Gasteiger partial charge >= 0.3 is 0 Å². The zero-order valence-corrected chi connectivity index (χ0v) is 14.8. The van der Waals surface area contributed by atoms with Gasteiger partial charge in [0.05, 0.1) is 35.8 Å². The first-order valence-corrected chi connectivity index (χ1v) is 8.72. The van der Waals surface area contributed by atoms with E-state index in [1.807, 2.05) is 54.5 Å². The second-order valence-corrected chi connectivity index (χ2v) is 6.64. The Hall–Kier alpha value is -3.22. The Balaban J connectivity index is 1.62. The summed E-state index contributed by atoms with van der Waals surface area (Å²) in [5.74, 6) is 1.68. The Morgan fingerprint density at radius 1 is 1.08 bits per heavy atom. The van der Waals surface area contributed by atoms with Crippen LogP contribution < -0.4 is 4.90 Å². The zero-order valence-electron chi connectivity index (χ0n) is 14.8. The summed E-state index contributed by atoms with van der Waals surface area (Å²) in [5, 5.41) is 5.55. The number of nitrogens with zero attached hydrogens (tertiary/aromatic N) is 7. The Kier molecular flexibility index (Phi) is 3.28. The minimum atomic E-state index is 0.747. The van der Waals surface area contributed by atoms with Crippen LogP contribution in [0.4, 0.5) is 5.82 Å².